The van der Waals surface area contributed by atoms with Crippen LogP contribution in [0.2, 0.25) is 0 Å². The molecule has 0 bridgehead atoms. The summed E-state index contributed by atoms with van der Waals surface area (Å²) in [5, 5.41) is 0. The van der Waals surface area contributed by atoms with E-state index in [1.54, 1.807) is 0 Å². The van der Waals surface area contributed by atoms with Gasteiger partial charge >= 0.3 is 17.9 Å². The van der Waals surface area contributed by atoms with E-state index in [1.807, 2.05) is 0 Å². The molecule has 0 aromatic rings. The van der Waals surface area contributed by atoms with Crippen LogP contribution in [0.4, 0.5) is 0 Å². The first-order valence-corrected chi connectivity index (χ1v) is 26.4. The van der Waals surface area contributed by atoms with Crippen molar-refractivity contribution in [1.29, 1.82) is 0 Å². The summed E-state index contributed by atoms with van der Waals surface area (Å²) in [5.41, 5.74) is 0. The predicted octanol–water partition coefficient (Wildman–Crippen LogP) is 17.5. The van der Waals surface area contributed by atoms with Crippen molar-refractivity contribution in [3.05, 3.63) is 109 Å². The zero-order valence-corrected chi connectivity index (χ0v) is 42.0. The Morgan fingerprint density at radius 3 is 0.938 bits per heavy atom. The molecule has 0 heterocycles. The van der Waals surface area contributed by atoms with Crippen molar-refractivity contribution in [2.75, 3.05) is 13.2 Å². The number of carbonyl (C=O) groups is 3. The van der Waals surface area contributed by atoms with Crippen LogP contribution in [0.1, 0.15) is 226 Å². The van der Waals surface area contributed by atoms with Crippen molar-refractivity contribution >= 4 is 17.9 Å². The zero-order valence-electron chi connectivity index (χ0n) is 42.0. The first-order chi connectivity index (χ1) is 32.0. The fourth-order valence-electron chi connectivity index (χ4n) is 6.87. The molecule has 0 aliphatic rings. The summed E-state index contributed by atoms with van der Waals surface area (Å²) in [6, 6.07) is 0. The predicted molar refractivity (Wildman–Crippen MR) is 279 cm³/mol. The Balaban J connectivity index is 4.33. The molecule has 0 aliphatic carbocycles. The molecule has 368 valence electrons. The van der Waals surface area contributed by atoms with Crippen LogP contribution >= 0.6 is 0 Å². The molecule has 0 N–H and O–H groups in total. The van der Waals surface area contributed by atoms with Gasteiger partial charge in [-0.3, -0.25) is 14.4 Å². The molecule has 0 rings (SSSR count). The SMILES string of the molecule is CC/C=C\C/C=C\C/C=C\C/C=C\C/C=C\CCCCCCCC(=O)OCC(COC(=O)CCCCCCCCC)OC(=O)CCCCCCCC/C=C\C/C=C\C/C=C\C/C=C\CC. The highest BCUT2D eigenvalue weighted by atomic mass is 16.6. The minimum atomic E-state index is -0.793. The molecule has 6 heteroatoms. The van der Waals surface area contributed by atoms with Crippen molar-refractivity contribution in [3.63, 3.8) is 0 Å². The lowest BCUT2D eigenvalue weighted by Gasteiger charge is -2.18. The van der Waals surface area contributed by atoms with Gasteiger partial charge in [-0.2, -0.15) is 0 Å². The molecule has 0 radical (unpaired) electrons. The van der Waals surface area contributed by atoms with Crippen LogP contribution in [0.25, 0.3) is 0 Å². The standard InChI is InChI=1S/C59H96O6/c1-4-7-10-13-16-18-20-22-24-26-28-29-31-32-34-36-38-40-43-46-49-52-58(61)64-55-56(54-63-57(60)51-48-45-42-15-12-9-6-3)65-59(62)53-50-47-44-41-39-37-35-33-30-27-25-23-21-19-17-14-11-8-5-2/h7-8,10-11,16-19,22-25,28-30,32-34,56H,4-6,9,12-15,20-21,26-27,31,35-55H2,1-3H3/b10-7-,11-8-,18-16-,19-17-,24-22-,25-23-,29-28-,33-30-,34-32-. The number of rotatable bonds is 46. The highest BCUT2D eigenvalue weighted by Crippen LogP contribution is 2.13. The molecule has 0 saturated carbocycles. The molecule has 0 aliphatic heterocycles. The molecule has 6 nitrogen and oxygen atoms in total. The zero-order chi connectivity index (χ0) is 47.2. The minimum absolute atomic E-state index is 0.0917. The third kappa shape index (κ3) is 50.9. The number of allylic oxidation sites excluding steroid dienone is 18. The van der Waals surface area contributed by atoms with E-state index in [0.717, 1.165) is 148 Å². The molecule has 0 saturated heterocycles. The maximum Gasteiger partial charge on any atom is 0.306 e. The summed E-state index contributed by atoms with van der Waals surface area (Å²) in [5.74, 6) is -0.936. The molecule has 65 heavy (non-hydrogen) atoms. The van der Waals surface area contributed by atoms with E-state index in [0.29, 0.717) is 19.3 Å². The molecule has 0 spiro atoms. The van der Waals surface area contributed by atoms with Crippen molar-refractivity contribution in [2.45, 2.75) is 232 Å². The molecule has 1 unspecified atom stereocenters. The number of unbranched alkanes of at least 4 members (excludes halogenated alkanes) is 17. The van der Waals surface area contributed by atoms with Crippen molar-refractivity contribution in [1.82, 2.24) is 0 Å². The summed E-state index contributed by atoms with van der Waals surface area (Å²) in [6.07, 6.45) is 70.9. The minimum Gasteiger partial charge on any atom is -0.462 e. The van der Waals surface area contributed by atoms with Gasteiger partial charge in [-0.15, -0.1) is 0 Å². The first kappa shape index (κ1) is 61.1. The molecule has 0 aromatic carbocycles. The molecule has 0 aromatic heterocycles. The van der Waals surface area contributed by atoms with Crippen LogP contribution in [0.3, 0.4) is 0 Å². The van der Waals surface area contributed by atoms with E-state index in [2.05, 4.69) is 130 Å². The summed E-state index contributed by atoms with van der Waals surface area (Å²) >= 11 is 0. The average Bonchev–Trinajstić information content (AvgIpc) is 3.30. The number of esters is 3. The lowest BCUT2D eigenvalue weighted by Crippen LogP contribution is -2.30. The smallest absolute Gasteiger partial charge is 0.306 e. The normalized spacial score (nSPS) is 13.0. The van der Waals surface area contributed by atoms with E-state index in [-0.39, 0.29) is 31.1 Å². The topological polar surface area (TPSA) is 78.9 Å². The summed E-state index contributed by atoms with van der Waals surface area (Å²) < 4.78 is 16.7. The number of carbonyl (C=O) groups excluding carboxylic acids is 3. The molecule has 0 amide bonds. The van der Waals surface area contributed by atoms with Crippen LogP contribution in [-0.2, 0) is 28.6 Å². The second-order valence-electron chi connectivity index (χ2n) is 17.0. The van der Waals surface area contributed by atoms with Gasteiger partial charge in [0, 0.05) is 19.3 Å². The largest absolute Gasteiger partial charge is 0.462 e. The van der Waals surface area contributed by atoms with Crippen molar-refractivity contribution < 1.29 is 28.6 Å². The summed E-state index contributed by atoms with van der Waals surface area (Å²) in [7, 11) is 0. The van der Waals surface area contributed by atoms with E-state index in [4.69, 9.17) is 14.2 Å². The highest BCUT2D eigenvalue weighted by molar-refractivity contribution is 5.71. The van der Waals surface area contributed by atoms with Crippen LogP contribution in [-0.4, -0.2) is 37.2 Å². The van der Waals surface area contributed by atoms with E-state index in [9.17, 15) is 14.4 Å². The number of ether oxygens (including phenoxy) is 3. The van der Waals surface area contributed by atoms with Gasteiger partial charge in [0.15, 0.2) is 6.10 Å². The van der Waals surface area contributed by atoms with Gasteiger partial charge in [0.1, 0.15) is 13.2 Å². The Hall–Kier alpha value is -3.93. The average molecular weight is 901 g/mol. The Labute approximate surface area is 400 Å². The third-order valence-electron chi connectivity index (χ3n) is 10.8. The maximum absolute atomic E-state index is 12.8. The van der Waals surface area contributed by atoms with Crippen molar-refractivity contribution in [2.24, 2.45) is 0 Å². The maximum atomic E-state index is 12.8. The lowest BCUT2D eigenvalue weighted by atomic mass is 10.1. The van der Waals surface area contributed by atoms with Gasteiger partial charge in [0.25, 0.3) is 0 Å². The van der Waals surface area contributed by atoms with Crippen LogP contribution in [0.15, 0.2) is 109 Å². The fourth-order valence-corrected chi connectivity index (χ4v) is 6.87. The monoisotopic (exact) mass is 901 g/mol. The Morgan fingerprint density at radius 1 is 0.323 bits per heavy atom. The summed E-state index contributed by atoms with van der Waals surface area (Å²) in [4.78, 5) is 37.9. The van der Waals surface area contributed by atoms with Crippen LogP contribution in [0, 0.1) is 0 Å². The molecular weight excluding hydrogens is 805 g/mol. The van der Waals surface area contributed by atoms with Gasteiger partial charge in [-0.05, 0) is 103 Å². The fraction of sp³-hybridized carbons (Fsp3) is 0.644. The second kappa shape index (κ2) is 52.7. The van der Waals surface area contributed by atoms with Gasteiger partial charge in [-0.1, -0.05) is 214 Å². The van der Waals surface area contributed by atoms with Crippen molar-refractivity contribution in [3.8, 4) is 0 Å². The second-order valence-corrected chi connectivity index (χ2v) is 17.0. The lowest BCUT2D eigenvalue weighted by molar-refractivity contribution is -0.167. The van der Waals surface area contributed by atoms with E-state index >= 15 is 0 Å². The molecule has 1 atom stereocenters. The Kier molecular flexibility index (Phi) is 49.5. The quantitative estimate of drug-likeness (QED) is 0.0262. The van der Waals surface area contributed by atoms with E-state index < -0.39 is 6.10 Å². The van der Waals surface area contributed by atoms with Crippen LogP contribution in [0.5, 0.6) is 0 Å². The Morgan fingerprint density at radius 2 is 0.600 bits per heavy atom. The first-order valence-electron chi connectivity index (χ1n) is 26.4. The van der Waals surface area contributed by atoms with Gasteiger partial charge < -0.3 is 14.2 Å². The molecule has 0 fully saturated rings. The third-order valence-corrected chi connectivity index (χ3v) is 10.8. The summed E-state index contributed by atoms with van der Waals surface area (Å²) in [6.45, 7) is 6.33. The van der Waals surface area contributed by atoms with Crippen LogP contribution < -0.4 is 0 Å². The van der Waals surface area contributed by atoms with Gasteiger partial charge in [0.2, 0.25) is 0 Å². The van der Waals surface area contributed by atoms with Gasteiger partial charge in [0.05, 0.1) is 0 Å². The molecular formula is C59H96O6. The number of hydrogen-bond acceptors (Lipinski definition) is 6. The van der Waals surface area contributed by atoms with E-state index in [1.165, 1.54) is 38.5 Å². The number of hydrogen-bond donors (Lipinski definition) is 0. The highest BCUT2D eigenvalue weighted by Gasteiger charge is 2.19. The Bertz CT molecular complexity index is 1360. The van der Waals surface area contributed by atoms with Gasteiger partial charge in [-0.25, -0.2) is 0 Å².